The Labute approximate surface area is 159 Å². The molecule has 24 heavy (non-hydrogen) atoms. The number of nitrogens with zero attached hydrogens (tertiary/aromatic N) is 1. The second kappa shape index (κ2) is 9.94. The van der Waals surface area contributed by atoms with Gasteiger partial charge in [0.1, 0.15) is 18.3 Å². The second-order valence-electron chi connectivity index (χ2n) is 5.54. The molecule has 1 aromatic heterocycles. The highest BCUT2D eigenvalue weighted by Crippen LogP contribution is 2.28. The van der Waals surface area contributed by atoms with Crippen molar-refractivity contribution >= 4 is 24.0 Å². The monoisotopic (exact) mass is 390 g/mol. The SMILES string of the molecule is COc1cc(C[NH2+]C2CC2)ccc1OCc1ccc(Cl)nc1.Cl.[Cl-]. The van der Waals surface area contributed by atoms with Crippen molar-refractivity contribution in [3.63, 3.8) is 0 Å². The van der Waals surface area contributed by atoms with Crippen LogP contribution in [0.5, 0.6) is 11.5 Å². The van der Waals surface area contributed by atoms with Gasteiger partial charge in [-0.1, -0.05) is 17.7 Å². The smallest absolute Gasteiger partial charge is 0.161 e. The third-order valence-corrected chi connectivity index (χ3v) is 3.94. The molecule has 1 saturated carbocycles. The number of methoxy groups -OCH3 is 1. The van der Waals surface area contributed by atoms with Crippen LogP contribution < -0.4 is 27.2 Å². The predicted molar refractivity (Wildman–Crippen MR) is 92.5 cm³/mol. The number of quaternary nitrogens is 1. The van der Waals surface area contributed by atoms with Crippen molar-refractivity contribution in [2.45, 2.75) is 32.0 Å². The minimum Gasteiger partial charge on any atom is -1.00 e. The zero-order valence-electron chi connectivity index (χ0n) is 13.4. The number of rotatable bonds is 7. The average molecular weight is 392 g/mol. The van der Waals surface area contributed by atoms with Gasteiger partial charge in [-0.25, -0.2) is 4.98 Å². The molecule has 132 valence electrons. The zero-order valence-corrected chi connectivity index (χ0v) is 15.7. The quantitative estimate of drug-likeness (QED) is 0.675. The molecule has 2 N–H and O–H groups in total. The summed E-state index contributed by atoms with van der Waals surface area (Å²) in [5.41, 5.74) is 2.22. The number of ether oxygens (including phenoxy) is 2. The van der Waals surface area contributed by atoms with Crippen molar-refractivity contribution < 1.29 is 27.2 Å². The molecule has 7 heteroatoms. The number of hydrogen-bond acceptors (Lipinski definition) is 3. The zero-order chi connectivity index (χ0) is 15.4. The summed E-state index contributed by atoms with van der Waals surface area (Å²) in [4.78, 5) is 4.04. The summed E-state index contributed by atoms with van der Waals surface area (Å²) in [5.74, 6) is 1.51. The molecule has 0 aliphatic heterocycles. The summed E-state index contributed by atoms with van der Waals surface area (Å²) in [6.45, 7) is 1.43. The Morgan fingerprint density at radius 2 is 1.92 bits per heavy atom. The molecule has 0 saturated heterocycles. The van der Waals surface area contributed by atoms with Crippen LogP contribution in [0.1, 0.15) is 24.0 Å². The van der Waals surface area contributed by atoms with E-state index in [-0.39, 0.29) is 24.8 Å². The summed E-state index contributed by atoms with van der Waals surface area (Å²) in [7, 11) is 1.67. The molecule has 0 unspecified atom stereocenters. The predicted octanol–water partition coefficient (Wildman–Crippen LogP) is -0.0258. The topological polar surface area (TPSA) is 48.0 Å². The van der Waals surface area contributed by atoms with E-state index in [1.165, 1.54) is 18.4 Å². The Bertz CT molecular complexity index is 634. The van der Waals surface area contributed by atoms with Crippen LogP contribution in [-0.2, 0) is 13.2 Å². The molecule has 0 spiro atoms. The lowest BCUT2D eigenvalue weighted by Gasteiger charge is -2.12. The van der Waals surface area contributed by atoms with E-state index in [0.29, 0.717) is 11.8 Å². The lowest BCUT2D eigenvalue weighted by molar-refractivity contribution is -0.683. The third kappa shape index (κ3) is 6.02. The molecular weight excluding hydrogens is 371 g/mol. The van der Waals surface area contributed by atoms with Gasteiger partial charge in [0.05, 0.1) is 13.2 Å². The molecule has 0 atom stereocenters. The molecule has 4 nitrogen and oxygen atoms in total. The summed E-state index contributed by atoms with van der Waals surface area (Å²) < 4.78 is 11.3. The summed E-state index contributed by atoms with van der Waals surface area (Å²) in [6.07, 6.45) is 4.40. The molecule has 3 rings (SSSR count). The van der Waals surface area contributed by atoms with Gasteiger partial charge in [-0.05, 0) is 24.3 Å². The van der Waals surface area contributed by atoms with Crippen molar-refractivity contribution in [2.24, 2.45) is 0 Å². The number of nitrogens with two attached hydrogens (primary N) is 1. The third-order valence-electron chi connectivity index (χ3n) is 3.72. The highest BCUT2D eigenvalue weighted by atomic mass is 35.5. The highest BCUT2D eigenvalue weighted by molar-refractivity contribution is 6.29. The molecule has 1 aliphatic rings. The first-order valence-electron chi connectivity index (χ1n) is 7.48. The lowest BCUT2D eigenvalue weighted by atomic mass is 10.2. The van der Waals surface area contributed by atoms with Crippen LogP contribution in [0, 0.1) is 0 Å². The lowest BCUT2D eigenvalue weighted by Crippen LogP contribution is -3.00. The van der Waals surface area contributed by atoms with E-state index in [1.54, 1.807) is 19.4 Å². The van der Waals surface area contributed by atoms with Crippen molar-refractivity contribution in [1.82, 2.24) is 4.98 Å². The normalized spacial score (nSPS) is 12.8. The Morgan fingerprint density at radius 1 is 1.17 bits per heavy atom. The highest BCUT2D eigenvalue weighted by Gasteiger charge is 2.24. The number of halogens is 3. The Balaban J connectivity index is 0.00000144. The van der Waals surface area contributed by atoms with E-state index in [0.717, 1.165) is 29.6 Å². The largest absolute Gasteiger partial charge is 1.00 e. The van der Waals surface area contributed by atoms with Crippen LogP contribution >= 0.6 is 24.0 Å². The molecule has 0 amide bonds. The Kier molecular flexibility index (Phi) is 8.63. The van der Waals surface area contributed by atoms with Crippen molar-refractivity contribution in [2.75, 3.05) is 7.11 Å². The Hall–Kier alpha value is -1.20. The molecule has 2 aromatic rings. The van der Waals surface area contributed by atoms with Crippen LogP contribution in [-0.4, -0.2) is 18.1 Å². The van der Waals surface area contributed by atoms with E-state index in [2.05, 4.69) is 16.4 Å². The van der Waals surface area contributed by atoms with E-state index in [1.807, 2.05) is 18.2 Å². The summed E-state index contributed by atoms with van der Waals surface area (Å²) >= 11 is 5.78. The minimum absolute atomic E-state index is 0. The van der Waals surface area contributed by atoms with Crippen molar-refractivity contribution in [3.8, 4) is 11.5 Å². The summed E-state index contributed by atoms with van der Waals surface area (Å²) in [6, 6.07) is 10.6. The molecular formula is C17H21Cl3N2O2. The average Bonchev–Trinajstić information content (AvgIpc) is 3.37. The molecule has 1 aromatic carbocycles. The van der Waals surface area contributed by atoms with Gasteiger partial charge in [0.2, 0.25) is 0 Å². The summed E-state index contributed by atoms with van der Waals surface area (Å²) in [5, 5.41) is 2.87. The van der Waals surface area contributed by atoms with Gasteiger partial charge < -0.3 is 27.2 Å². The van der Waals surface area contributed by atoms with Crippen LogP contribution in [0.2, 0.25) is 5.15 Å². The fourth-order valence-corrected chi connectivity index (χ4v) is 2.36. The van der Waals surface area contributed by atoms with Crippen molar-refractivity contribution in [3.05, 3.63) is 52.8 Å². The fourth-order valence-electron chi connectivity index (χ4n) is 2.25. The molecule has 1 fully saturated rings. The van der Waals surface area contributed by atoms with E-state index in [4.69, 9.17) is 21.1 Å². The molecule has 0 radical (unpaired) electrons. The number of aromatic nitrogens is 1. The first kappa shape index (κ1) is 20.8. The van der Waals surface area contributed by atoms with E-state index in [9.17, 15) is 0 Å². The Morgan fingerprint density at radius 3 is 2.54 bits per heavy atom. The maximum Gasteiger partial charge on any atom is 0.161 e. The van der Waals surface area contributed by atoms with Crippen molar-refractivity contribution in [1.29, 1.82) is 0 Å². The van der Waals surface area contributed by atoms with Crippen LogP contribution in [0.15, 0.2) is 36.5 Å². The van der Waals surface area contributed by atoms with E-state index < -0.39 is 0 Å². The van der Waals surface area contributed by atoms with Crippen LogP contribution in [0.4, 0.5) is 0 Å². The number of hydrogen-bond donors (Lipinski definition) is 1. The first-order valence-corrected chi connectivity index (χ1v) is 7.86. The van der Waals surface area contributed by atoms with Gasteiger partial charge in [0, 0.05) is 30.2 Å². The van der Waals surface area contributed by atoms with Gasteiger partial charge in [-0.15, -0.1) is 12.4 Å². The maximum atomic E-state index is 5.83. The minimum atomic E-state index is 0. The fraction of sp³-hybridized carbons (Fsp3) is 0.353. The van der Waals surface area contributed by atoms with E-state index >= 15 is 0 Å². The standard InChI is InChI=1S/C17H19ClN2O2.2ClH/c1-21-16-8-12(9-19-14-4-5-14)2-6-15(16)22-11-13-3-7-17(18)20-10-13;;/h2-3,6-8,10,14,19H,4-5,9,11H2,1H3;2*1H. The molecule has 1 aliphatic carbocycles. The van der Waals surface area contributed by atoms with Gasteiger partial charge in [-0.2, -0.15) is 0 Å². The van der Waals surface area contributed by atoms with Gasteiger partial charge in [0.15, 0.2) is 11.5 Å². The van der Waals surface area contributed by atoms with Gasteiger partial charge in [0.25, 0.3) is 0 Å². The van der Waals surface area contributed by atoms with Gasteiger partial charge >= 0.3 is 0 Å². The molecule has 0 bridgehead atoms. The maximum absolute atomic E-state index is 5.83. The number of benzene rings is 1. The first-order chi connectivity index (χ1) is 10.7. The van der Waals surface area contributed by atoms with Gasteiger partial charge in [-0.3, -0.25) is 0 Å². The van der Waals surface area contributed by atoms with Crippen LogP contribution in [0.25, 0.3) is 0 Å². The second-order valence-corrected chi connectivity index (χ2v) is 5.93. The molecule has 1 heterocycles. The number of pyridine rings is 1. The van der Waals surface area contributed by atoms with Crippen LogP contribution in [0.3, 0.4) is 0 Å².